The number of aliphatic carboxylic acids is 1. The van der Waals surface area contributed by atoms with E-state index < -0.39 is 5.97 Å². The molecule has 0 aliphatic rings. The first kappa shape index (κ1) is 11.9. The maximum absolute atomic E-state index is 10.8. The molecule has 3 nitrogen and oxygen atoms in total. The van der Waals surface area contributed by atoms with Crippen LogP contribution in [0.4, 0.5) is 0 Å². The van der Waals surface area contributed by atoms with Crippen LogP contribution in [-0.4, -0.2) is 24.4 Å². The van der Waals surface area contributed by atoms with Crippen molar-refractivity contribution in [3.05, 3.63) is 23.3 Å². The monoisotopic (exact) mass is 226 g/mol. The summed E-state index contributed by atoms with van der Waals surface area (Å²) in [6, 6.07) is 3.87. The lowest BCUT2D eigenvalue weighted by atomic mass is 10.1. The molecular weight excluding hydrogens is 212 g/mol. The highest BCUT2D eigenvalue weighted by Crippen LogP contribution is 2.32. The Bertz CT molecular complexity index is 374. The van der Waals surface area contributed by atoms with Crippen molar-refractivity contribution >= 4 is 17.7 Å². The van der Waals surface area contributed by atoms with E-state index in [0.717, 1.165) is 16.0 Å². The molecule has 1 rings (SSSR count). The second-order valence-corrected chi connectivity index (χ2v) is 4.02. The van der Waals surface area contributed by atoms with Gasteiger partial charge in [-0.15, -0.1) is 11.8 Å². The molecule has 0 aliphatic heterocycles. The number of carboxylic acid groups (broad SMARTS) is 1. The van der Waals surface area contributed by atoms with Crippen LogP contribution >= 0.6 is 11.8 Å². The van der Waals surface area contributed by atoms with Crippen LogP contribution in [0.15, 0.2) is 17.0 Å². The molecule has 0 aromatic heterocycles. The third-order valence-corrected chi connectivity index (χ3v) is 2.99. The van der Waals surface area contributed by atoms with Gasteiger partial charge < -0.3 is 9.84 Å². The average Bonchev–Trinajstić information content (AvgIpc) is 2.18. The summed E-state index contributed by atoms with van der Waals surface area (Å²) in [6.45, 7) is 1.91. The Labute approximate surface area is 93.4 Å². The molecule has 0 amide bonds. The summed E-state index contributed by atoms with van der Waals surface area (Å²) >= 11 is 1.53. The predicted octanol–water partition coefficient (Wildman–Crippen LogP) is 2.35. The Kier molecular flexibility index (Phi) is 4.03. The van der Waals surface area contributed by atoms with Gasteiger partial charge in [-0.1, -0.05) is 6.07 Å². The second-order valence-electron chi connectivity index (χ2n) is 3.17. The van der Waals surface area contributed by atoms with Crippen molar-refractivity contribution in [1.29, 1.82) is 0 Å². The number of methoxy groups -OCH3 is 1. The third-order valence-electron chi connectivity index (χ3n) is 2.17. The molecule has 1 N–H and O–H groups in total. The maximum atomic E-state index is 10.8. The molecule has 0 saturated carbocycles. The molecule has 0 aliphatic carbocycles. The van der Waals surface area contributed by atoms with Crippen LogP contribution in [0, 0.1) is 6.92 Å². The smallest absolute Gasteiger partial charge is 0.308 e. The highest BCUT2D eigenvalue weighted by atomic mass is 32.2. The fraction of sp³-hybridized carbons (Fsp3) is 0.364. The van der Waals surface area contributed by atoms with E-state index in [4.69, 9.17) is 9.84 Å². The Morgan fingerprint density at radius 3 is 2.67 bits per heavy atom. The topological polar surface area (TPSA) is 46.5 Å². The Morgan fingerprint density at radius 2 is 2.20 bits per heavy atom. The van der Waals surface area contributed by atoms with Crippen molar-refractivity contribution in [2.45, 2.75) is 18.2 Å². The van der Waals surface area contributed by atoms with Gasteiger partial charge in [0.25, 0.3) is 0 Å². The van der Waals surface area contributed by atoms with Gasteiger partial charge in [0.05, 0.1) is 13.5 Å². The van der Waals surface area contributed by atoms with Gasteiger partial charge in [0.2, 0.25) is 0 Å². The van der Waals surface area contributed by atoms with Crippen molar-refractivity contribution in [3.63, 3.8) is 0 Å². The van der Waals surface area contributed by atoms with Crippen molar-refractivity contribution in [2.75, 3.05) is 13.4 Å². The van der Waals surface area contributed by atoms with E-state index in [1.807, 2.05) is 25.3 Å². The summed E-state index contributed by atoms with van der Waals surface area (Å²) in [5, 5.41) is 8.83. The van der Waals surface area contributed by atoms with E-state index in [1.54, 1.807) is 7.11 Å². The van der Waals surface area contributed by atoms with E-state index >= 15 is 0 Å². The average molecular weight is 226 g/mol. The lowest BCUT2D eigenvalue weighted by molar-refractivity contribution is -0.136. The molecule has 0 heterocycles. The fourth-order valence-corrected chi connectivity index (χ4v) is 2.14. The number of hydrogen-bond acceptors (Lipinski definition) is 3. The molecule has 0 fully saturated rings. The summed E-state index contributed by atoms with van der Waals surface area (Å²) in [5.41, 5.74) is 1.73. The van der Waals surface area contributed by atoms with Crippen molar-refractivity contribution < 1.29 is 14.6 Å². The molecule has 4 heteroatoms. The number of benzene rings is 1. The number of thioether (sulfide) groups is 1. The quantitative estimate of drug-likeness (QED) is 0.800. The zero-order valence-electron chi connectivity index (χ0n) is 9.03. The number of carbonyl (C=O) groups is 1. The Balaban J connectivity index is 3.26. The zero-order valence-corrected chi connectivity index (χ0v) is 9.85. The zero-order chi connectivity index (χ0) is 11.4. The van der Waals surface area contributed by atoms with Gasteiger partial charge in [-0.05, 0) is 24.8 Å². The number of carboxylic acids is 1. The molecular formula is C11H14O3S. The van der Waals surface area contributed by atoms with Gasteiger partial charge in [-0.25, -0.2) is 0 Å². The van der Waals surface area contributed by atoms with Crippen LogP contribution in [0.5, 0.6) is 5.75 Å². The maximum Gasteiger partial charge on any atom is 0.308 e. The van der Waals surface area contributed by atoms with Gasteiger partial charge in [0.1, 0.15) is 5.75 Å². The molecule has 0 unspecified atom stereocenters. The van der Waals surface area contributed by atoms with E-state index in [-0.39, 0.29) is 6.42 Å². The molecule has 82 valence electrons. The van der Waals surface area contributed by atoms with Crippen molar-refractivity contribution in [1.82, 2.24) is 0 Å². The van der Waals surface area contributed by atoms with Crippen LogP contribution in [0.25, 0.3) is 0 Å². The SMILES string of the molecule is COc1c(C)ccc(SC)c1CC(=O)O. The van der Waals surface area contributed by atoms with E-state index in [2.05, 4.69) is 0 Å². The van der Waals surface area contributed by atoms with Crippen LogP contribution in [0.2, 0.25) is 0 Å². The van der Waals surface area contributed by atoms with Crippen LogP contribution < -0.4 is 4.74 Å². The van der Waals surface area contributed by atoms with Crippen LogP contribution in [-0.2, 0) is 11.2 Å². The minimum atomic E-state index is -0.839. The lowest BCUT2D eigenvalue weighted by Gasteiger charge is -2.13. The van der Waals surface area contributed by atoms with Gasteiger partial charge in [0.15, 0.2) is 0 Å². The number of hydrogen-bond donors (Lipinski definition) is 1. The number of aryl methyl sites for hydroxylation is 1. The predicted molar refractivity (Wildman–Crippen MR) is 60.9 cm³/mol. The Morgan fingerprint density at radius 1 is 1.53 bits per heavy atom. The fourth-order valence-electron chi connectivity index (χ4n) is 1.52. The van der Waals surface area contributed by atoms with Gasteiger partial charge >= 0.3 is 5.97 Å². The summed E-state index contributed by atoms with van der Waals surface area (Å²) in [4.78, 5) is 11.7. The lowest BCUT2D eigenvalue weighted by Crippen LogP contribution is -2.05. The number of ether oxygens (including phenoxy) is 1. The minimum absolute atomic E-state index is 0.00102. The van der Waals surface area contributed by atoms with Gasteiger partial charge in [0, 0.05) is 10.5 Å². The molecule has 1 aromatic carbocycles. The van der Waals surface area contributed by atoms with E-state index in [0.29, 0.717) is 5.75 Å². The number of rotatable bonds is 4. The molecule has 1 aromatic rings. The highest BCUT2D eigenvalue weighted by Gasteiger charge is 2.14. The standard InChI is InChI=1S/C11H14O3S/c1-7-4-5-9(15-3)8(6-10(12)13)11(7)14-2/h4-5H,6H2,1-3H3,(H,12,13). The first-order valence-corrected chi connectivity index (χ1v) is 5.75. The molecule has 0 bridgehead atoms. The first-order chi connectivity index (χ1) is 7.10. The highest BCUT2D eigenvalue weighted by molar-refractivity contribution is 7.98. The third kappa shape index (κ3) is 2.65. The second kappa shape index (κ2) is 5.07. The van der Waals surface area contributed by atoms with Crippen LogP contribution in [0.3, 0.4) is 0 Å². The van der Waals surface area contributed by atoms with E-state index in [9.17, 15) is 4.79 Å². The summed E-state index contributed by atoms with van der Waals surface area (Å²) < 4.78 is 5.24. The Hall–Kier alpha value is -1.16. The summed E-state index contributed by atoms with van der Waals surface area (Å²) in [7, 11) is 1.57. The van der Waals surface area contributed by atoms with Crippen molar-refractivity contribution in [3.8, 4) is 5.75 Å². The van der Waals surface area contributed by atoms with Gasteiger partial charge in [-0.3, -0.25) is 4.79 Å². The normalized spacial score (nSPS) is 10.1. The molecule has 0 atom stereocenters. The van der Waals surface area contributed by atoms with Gasteiger partial charge in [-0.2, -0.15) is 0 Å². The van der Waals surface area contributed by atoms with Crippen molar-refractivity contribution in [2.24, 2.45) is 0 Å². The minimum Gasteiger partial charge on any atom is -0.496 e. The van der Waals surface area contributed by atoms with E-state index in [1.165, 1.54) is 11.8 Å². The molecule has 0 saturated heterocycles. The summed E-state index contributed by atoms with van der Waals surface area (Å²) in [5.74, 6) is -0.154. The molecule has 15 heavy (non-hydrogen) atoms. The molecule has 0 radical (unpaired) electrons. The largest absolute Gasteiger partial charge is 0.496 e. The summed E-state index contributed by atoms with van der Waals surface area (Å²) in [6.07, 6.45) is 1.93. The molecule has 0 spiro atoms. The first-order valence-electron chi connectivity index (χ1n) is 4.52. The van der Waals surface area contributed by atoms with Crippen LogP contribution in [0.1, 0.15) is 11.1 Å².